The first-order valence-electron chi connectivity index (χ1n) is 9.78. The third kappa shape index (κ3) is 3.31. The van der Waals surface area contributed by atoms with Gasteiger partial charge in [0.2, 0.25) is 0 Å². The molecular formula is C24H19N6+. The summed E-state index contributed by atoms with van der Waals surface area (Å²) >= 11 is 0. The molecule has 0 saturated heterocycles. The molecule has 0 amide bonds. The molecular weight excluding hydrogens is 372 g/mol. The van der Waals surface area contributed by atoms with E-state index >= 15 is 0 Å². The number of imidazole rings is 1. The number of hydrogen-bond donors (Lipinski definition) is 3. The van der Waals surface area contributed by atoms with Crippen molar-refractivity contribution in [2.24, 2.45) is 4.99 Å². The van der Waals surface area contributed by atoms with Crippen LogP contribution in [0, 0.1) is 0 Å². The van der Waals surface area contributed by atoms with Crippen LogP contribution in [0.3, 0.4) is 0 Å². The minimum absolute atomic E-state index is 0.926. The minimum Gasteiger partial charge on any atom is -0.355 e. The second kappa shape index (κ2) is 6.63. The van der Waals surface area contributed by atoms with E-state index in [4.69, 9.17) is 4.99 Å². The molecule has 0 atom stereocenters. The normalized spacial score (nSPS) is 14.7. The van der Waals surface area contributed by atoms with Crippen molar-refractivity contribution in [3.8, 4) is 0 Å². The van der Waals surface area contributed by atoms with Crippen molar-refractivity contribution in [3.05, 3.63) is 106 Å². The minimum atomic E-state index is 0.926. The molecule has 0 aliphatic carbocycles. The number of allylic oxidation sites excluding steroid dienone is 2. The van der Waals surface area contributed by atoms with E-state index in [-0.39, 0.29) is 0 Å². The number of aromatic nitrogens is 5. The van der Waals surface area contributed by atoms with Gasteiger partial charge in [0.05, 0.1) is 22.1 Å². The molecule has 0 saturated carbocycles. The highest BCUT2D eigenvalue weighted by molar-refractivity contribution is 6.19. The summed E-state index contributed by atoms with van der Waals surface area (Å²) in [6.07, 6.45) is 20.4. The molecule has 30 heavy (non-hydrogen) atoms. The standard InChI is InChI=1S/C24H19N6/c1-3-19-12-21-5-7-23(27-21)14-29-9-10-30(16-29)15-24-8-6-22(28-24)13-20-4-2-18(26-20)11-17(1)25-19/h1-16,25,27-28H/q+1. The number of H-pyrrole nitrogens is 3. The summed E-state index contributed by atoms with van der Waals surface area (Å²) in [6.45, 7) is 0. The van der Waals surface area contributed by atoms with Crippen LogP contribution in [0.2, 0.25) is 0 Å². The maximum atomic E-state index is 4.70. The second-order valence-corrected chi connectivity index (χ2v) is 7.40. The highest BCUT2D eigenvalue weighted by atomic mass is 15.1. The smallest absolute Gasteiger partial charge is 0.253 e. The van der Waals surface area contributed by atoms with Crippen LogP contribution in [-0.4, -0.2) is 25.2 Å². The molecule has 6 rings (SSSR count). The molecule has 4 aromatic heterocycles. The van der Waals surface area contributed by atoms with E-state index in [1.807, 2.05) is 52.3 Å². The van der Waals surface area contributed by atoms with Gasteiger partial charge in [0.25, 0.3) is 6.33 Å². The van der Waals surface area contributed by atoms with Gasteiger partial charge in [-0.1, -0.05) is 0 Å². The Hall–Kier alpha value is -4.32. The highest BCUT2D eigenvalue weighted by Crippen LogP contribution is 2.14. The Morgan fingerprint density at radius 2 is 1.50 bits per heavy atom. The van der Waals surface area contributed by atoms with Gasteiger partial charge in [-0.15, -0.1) is 0 Å². The van der Waals surface area contributed by atoms with Gasteiger partial charge in [0, 0.05) is 22.1 Å². The third-order valence-electron chi connectivity index (χ3n) is 5.05. The lowest BCUT2D eigenvalue weighted by atomic mass is 10.3. The Kier molecular flexibility index (Phi) is 3.67. The quantitative estimate of drug-likeness (QED) is 0.361. The van der Waals surface area contributed by atoms with Crippen molar-refractivity contribution in [2.75, 3.05) is 0 Å². The lowest BCUT2D eigenvalue weighted by molar-refractivity contribution is -0.568. The Morgan fingerprint density at radius 1 is 0.733 bits per heavy atom. The van der Waals surface area contributed by atoms with E-state index in [1.165, 1.54) is 0 Å². The van der Waals surface area contributed by atoms with Gasteiger partial charge < -0.3 is 15.0 Å². The monoisotopic (exact) mass is 391 g/mol. The predicted octanol–water partition coefficient (Wildman–Crippen LogP) is 0.307. The fourth-order valence-corrected chi connectivity index (χ4v) is 3.68. The average molecular weight is 391 g/mol. The number of aromatic amines is 3. The zero-order valence-corrected chi connectivity index (χ0v) is 16.1. The molecule has 144 valence electrons. The summed E-state index contributed by atoms with van der Waals surface area (Å²) in [5.74, 6) is 0. The van der Waals surface area contributed by atoms with Gasteiger partial charge in [0.15, 0.2) is 0 Å². The lowest BCUT2D eigenvalue weighted by Crippen LogP contribution is -2.28. The number of aliphatic imine (C=N–C) groups is 1. The molecule has 0 aromatic carbocycles. The number of rotatable bonds is 0. The summed E-state index contributed by atoms with van der Waals surface area (Å²) in [7, 11) is 0. The van der Waals surface area contributed by atoms with Crippen LogP contribution in [0.4, 0.5) is 0 Å². The van der Waals surface area contributed by atoms with Crippen LogP contribution < -0.4 is 26.0 Å². The zero-order chi connectivity index (χ0) is 19.9. The molecule has 6 heteroatoms. The summed E-state index contributed by atoms with van der Waals surface area (Å²) < 4.78 is 4.05. The topological polar surface area (TPSA) is 68.5 Å². The van der Waals surface area contributed by atoms with E-state index in [9.17, 15) is 0 Å². The zero-order valence-electron chi connectivity index (χ0n) is 16.1. The Labute approximate surface area is 171 Å². The summed E-state index contributed by atoms with van der Waals surface area (Å²) in [5.41, 5.74) is 3.91. The molecule has 0 unspecified atom stereocenters. The maximum Gasteiger partial charge on any atom is 0.253 e. The highest BCUT2D eigenvalue weighted by Gasteiger charge is 2.04. The van der Waals surface area contributed by atoms with Gasteiger partial charge in [-0.3, -0.25) is 0 Å². The van der Waals surface area contributed by atoms with Gasteiger partial charge in [-0.25, -0.2) is 14.1 Å². The predicted molar refractivity (Wildman–Crippen MR) is 118 cm³/mol. The SMILES string of the molecule is C1=CC2=NC1=Cc1ccc([nH]1)C=c1ccc([nH]1)=C[n+]1ccn(c1)C=c1ccc([nH]1)=C2. The number of nitrogens with one attached hydrogen (secondary N) is 3. The Balaban J connectivity index is 1.54. The Morgan fingerprint density at radius 3 is 2.43 bits per heavy atom. The fourth-order valence-electron chi connectivity index (χ4n) is 3.68. The van der Waals surface area contributed by atoms with E-state index in [0.29, 0.717) is 0 Å². The van der Waals surface area contributed by atoms with Crippen molar-refractivity contribution in [1.82, 2.24) is 19.5 Å². The van der Waals surface area contributed by atoms with Crippen molar-refractivity contribution in [3.63, 3.8) is 0 Å². The summed E-state index contributed by atoms with van der Waals surface area (Å²) in [6, 6.07) is 12.4. The van der Waals surface area contributed by atoms with Gasteiger partial charge in [-0.05, 0) is 66.8 Å². The summed E-state index contributed by atoms with van der Waals surface area (Å²) in [4.78, 5) is 15.0. The van der Waals surface area contributed by atoms with Crippen LogP contribution in [0.5, 0.6) is 0 Å². The number of hydrogen-bond acceptors (Lipinski definition) is 1. The molecule has 2 aliphatic heterocycles. The first kappa shape index (κ1) is 16.6. The largest absolute Gasteiger partial charge is 0.355 e. The van der Waals surface area contributed by atoms with Crippen LogP contribution >= 0.6 is 0 Å². The molecule has 6 heterocycles. The van der Waals surface area contributed by atoms with Gasteiger partial charge >= 0.3 is 0 Å². The van der Waals surface area contributed by atoms with Crippen LogP contribution in [0.15, 0.2) is 78.0 Å². The molecule has 0 radical (unpaired) electrons. The van der Waals surface area contributed by atoms with Crippen molar-refractivity contribution < 1.29 is 4.57 Å². The molecule has 10 bridgehead atoms. The number of fused-ring (bicyclic) bond motifs is 9. The lowest BCUT2D eigenvalue weighted by Gasteiger charge is -1.90. The van der Waals surface area contributed by atoms with E-state index in [2.05, 4.69) is 69.7 Å². The summed E-state index contributed by atoms with van der Waals surface area (Å²) in [5, 5.41) is 4.11. The van der Waals surface area contributed by atoms with Crippen LogP contribution in [0.25, 0.3) is 30.6 Å². The molecule has 4 aromatic rings. The van der Waals surface area contributed by atoms with Gasteiger partial charge in [-0.2, -0.15) is 0 Å². The Bertz CT molecular complexity index is 1590. The second-order valence-electron chi connectivity index (χ2n) is 7.40. The molecule has 0 spiro atoms. The third-order valence-corrected chi connectivity index (χ3v) is 5.05. The molecule has 6 nitrogen and oxygen atoms in total. The van der Waals surface area contributed by atoms with E-state index < -0.39 is 0 Å². The van der Waals surface area contributed by atoms with Gasteiger partial charge in [0.1, 0.15) is 24.8 Å². The van der Waals surface area contributed by atoms with E-state index in [0.717, 1.165) is 44.2 Å². The maximum absolute atomic E-state index is 4.70. The average Bonchev–Trinajstić information content (AvgIpc) is 3.52. The van der Waals surface area contributed by atoms with E-state index in [1.54, 1.807) is 0 Å². The molecule has 3 N–H and O–H groups in total. The first-order chi connectivity index (χ1) is 14.7. The van der Waals surface area contributed by atoms with Crippen LogP contribution in [0.1, 0.15) is 11.4 Å². The molecule has 0 fully saturated rings. The first-order valence-corrected chi connectivity index (χ1v) is 9.78. The number of nitrogens with zero attached hydrogens (tertiary/aromatic N) is 3. The molecule has 2 aliphatic rings. The van der Waals surface area contributed by atoms with Crippen molar-refractivity contribution in [2.45, 2.75) is 0 Å². The van der Waals surface area contributed by atoms with Crippen molar-refractivity contribution in [1.29, 1.82) is 0 Å². The fraction of sp³-hybridized carbons (Fsp3) is 0. The van der Waals surface area contributed by atoms with Crippen LogP contribution in [-0.2, 0) is 0 Å². The van der Waals surface area contributed by atoms with Crippen molar-refractivity contribution >= 4 is 36.3 Å².